The molecule has 0 spiro atoms. The Morgan fingerprint density at radius 3 is 2.87 bits per heavy atom. The van der Waals surface area contributed by atoms with Gasteiger partial charge in [-0.05, 0) is 12.1 Å². The normalized spacial score (nSPS) is 9.93. The van der Waals surface area contributed by atoms with Crippen molar-refractivity contribution in [1.82, 2.24) is 20.4 Å². The molecular formula is C9H9N5O. The first-order chi connectivity index (χ1) is 7.33. The molecule has 2 aromatic rings. The van der Waals surface area contributed by atoms with Crippen LogP contribution < -0.4 is 11.3 Å². The summed E-state index contributed by atoms with van der Waals surface area (Å²) < 4.78 is 1.50. The van der Waals surface area contributed by atoms with Gasteiger partial charge < -0.3 is 0 Å². The van der Waals surface area contributed by atoms with Gasteiger partial charge in [-0.1, -0.05) is 17.3 Å². The quantitative estimate of drug-likeness (QED) is 0.404. The number of carbonyl (C=O) groups is 1. The number of nitrogens with zero attached hydrogens (tertiary/aromatic N) is 3. The Hall–Kier alpha value is -2.21. The van der Waals surface area contributed by atoms with Gasteiger partial charge >= 0.3 is 0 Å². The molecule has 0 radical (unpaired) electrons. The largest absolute Gasteiger partial charge is 0.290 e. The molecule has 1 amide bonds. The van der Waals surface area contributed by atoms with Crippen LogP contribution in [-0.2, 0) is 0 Å². The third-order valence-corrected chi connectivity index (χ3v) is 1.95. The van der Waals surface area contributed by atoms with Crippen molar-refractivity contribution in [1.29, 1.82) is 0 Å². The van der Waals surface area contributed by atoms with Crippen LogP contribution >= 0.6 is 0 Å². The van der Waals surface area contributed by atoms with E-state index in [2.05, 4.69) is 15.7 Å². The molecule has 0 atom stereocenters. The van der Waals surface area contributed by atoms with Crippen molar-refractivity contribution in [2.75, 3.05) is 0 Å². The average molecular weight is 203 g/mol. The molecule has 6 heteroatoms. The van der Waals surface area contributed by atoms with Gasteiger partial charge in [0.05, 0.1) is 23.6 Å². The summed E-state index contributed by atoms with van der Waals surface area (Å²) in [6.07, 6.45) is 3.19. The van der Waals surface area contributed by atoms with Crippen LogP contribution in [0, 0.1) is 0 Å². The standard InChI is InChI=1S/C9H9N5O/c10-12-9(15)7-3-1-2-4-8(7)14-6-5-11-13-14/h1-6H,10H2,(H,12,15). The Bertz CT molecular complexity index is 465. The second kappa shape index (κ2) is 3.89. The number of hydrogen-bond donors (Lipinski definition) is 2. The van der Waals surface area contributed by atoms with Gasteiger partial charge in [0.2, 0.25) is 0 Å². The highest BCUT2D eigenvalue weighted by atomic mass is 16.2. The first kappa shape index (κ1) is 9.35. The number of nitrogen functional groups attached to an aromatic ring is 1. The van der Waals surface area contributed by atoms with Crippen LogP contribution in [0.3, 0.4) is 0 Å². The SMILES string of the molecule is NNC(=O)c1ccccc1-n1ccnn1. The minimum Gasteiger partial charge on any atom is -0.290 e. The minimum atomic E-state index is -0.360. The Morgan fingerprint density at radius 2 is 2.20 bits per heavy atom. The van der Waals surface area contributed by atoms with Gasteiger partial charge in [-0.25, -0.2) is 10.5 Å². The number of hydrazine groups is 1. The Labute approximate surface area is 85.7 Å². The summed E-state index contributed by atoms with van der Waals surface area (Å²) in [5.74, 6) is 4.72. The number of rotatable bonds is 2. The van der Waals surface area contributed by atoms with E-state index in [1.807, 2.05) is 6.07 Å². The summed E-state index contributed by atoms with van der Waals surface area (Å²) in [5.41, 5.74) is 3.17. The molecule has 0 fully saturated rings. The maximum Gasteiger partial charge on any atom is 0.267 e. The van der Waals surface area contributed by atoms with Crippen molar-refractivity contribution in [3.63, 3.8) is 0 Å². The molecule has 1 aromatic carbocycles. The van der Waals surface area contributed by atoms with Crippen molar-refractivity contribution in [3.05, 3.63) is 42.2 Å². The molecule has 15 heavy (non-hydrogen) atoms. The maximum atomic E-state index is 11.4. The molecule has 1 heterocycles. The van der Waals surface area contributed by atoms with Crippen LogP contribution in [0.4, 0.5) is 0 Å². The van der Waals surface area contributed by atoms with E-state index in [-0.39, 0.29) is 5.91 Å². The fourth-order valence-electron chi connectivity index (χ4n) is 1.28. The Morgan fingerprint density at radius 1 is 1.40 bits per heavy atom. The third-order valence-electron chi connectivity index (χ3n) is 1.95. The van der Waals surface area contributed by atoms with E-state index in [1.54, 1.807) is 24.4 Å². The fourth-order valence-corrected chi connectivity index (χ4v) is 1.28. The number of carbonyl (C=O) groups excluding carboxylic acids is 1. The van der Waals surface area contributed by atoms with E-state index in [1.165, 1.54) is 10.9 Å². The van der Waals surface area contributed by atoms with Gasteiger partial charge in [-0.2, -0.15) is 0 Å². The number of aromatic nitrogens is 3. The third kappa shape index (κ3) is 1.70. The van der Waals surface area contributed by atoms with Gasteiger partial charge in [0.15, 0.2) is 0 Å². The Balaban J connectivity index is 2.52. The number of hydrogen-bond acceptors (Lipinski definition) is 4. The molecule has 0 bridgehead atoms. The highest BCUT2D eigenvalue weighted by Gasteiger charge is 2.10. The van der Waals surface area contributed by atoms with Gasteiger partial charge in [-0.3, -0.25) is 10.2 Å². The van der Waals surface area contributed by atoms with E-state index in [9.17, 15) is 4.79 Å². The first-order valence-electron chi connectivity index (χ1n) is 4.29. The van der Waals surface area contributed by atoms with Crippen molar-refractivity contribution in [3.8, 4) is 5.69 Å². The summed E-state index contributed by atoms with van der Waals surface area (Å²) in [6.45, 7) is 0. The molecule has 6 nitrogen and oxygen atoms in total. The van der Waals surface area contributed by atoms with Crippen LogP contribution in [0.2, 0.25) is 0 Å². The zero-order valence-corrected chi connectivity index (χ0v) is 7.79. The number of amides is 1. The number of nitrogens with two attached hydrogens (primary N) is 1. The number of nitrogens with one attached hydrogen (secondary N) is 1. The summed E-state index contributed by atoms with van der Waals surface area (Å²) >= 11 is 0. The van der Waals surface area contributed by atoms with Crippen molar-refractivity contribution in [2.45, 2.75) is 0 Å². The van der Waals surface area contributed by atoms with Crippen LogP contribution in [0.5, 0.6) is 0 Å². The summed E-state index contributed by atoms with van der Waals surface area (Å²) in [6, 6.07) is 6.99. The molecule has 0 saturated heterocycles. The molecule has 0 unspecified atom stereocenters. The van der Waals surface area contributed by atoms with Crippen LogP contribution in [0.15, 0.2) is 36.7 Å². The second-order valence-electron chi connectivity index (χ2n) is 2.84. The predicted molar refractivity (Wildman–Crippen MR) is 53.0 cm³/mol. The lowest BCUT2D eigenvalue weighted by Crippen LogP contribution is -2.30. The lowest BCUT2D eigenvalue weighted by molar-refractivity contribution is 0.0953. The summed E-state index contributed by atoms with van der Waals surface area (Å²) in [5, 5.41) is 7.48. The fraction of sp³-hybridized carbons (Fsp3) is 0. The van der Waals surface area contributed by atoms with Gasteiger partial charge in [0, 0.05) is 0 Å². The van der Waals surface area contributed by atoms with Crippen molar-refractivity contribution in [2.24, 2.45) is 5.84 Å². The Kier molecular flexibility index (Phi) is 2.42. The molecule has 0 aliphatic carbocycles. The predicted octanol–water partition coefficient (Wildman–Crippen LogP) is -0.129. The lowest BCUT2D eigenvalue weighted by atomic mass is 10.1. The summed E-state index contributed by atoms with van der Waals surface area (Å²) in [4.78, 5) is 11.4. The van der Waals surface area contributed by atoms with E-state index < -0.39 is 0 Å². The van der Waals surface area contributed by atoms with Crippen LogP contribution in [0.25, 0.3) is 5.69 Å². The second-order valence-corrected chi connectivity index (χ2v) is 2.84. The number of benzene rings is 1. The lowest BCUT2D eigenvalue weighted by Gasteiger charge is -2.06. The zero-order valence-electron chi connectivity index (χ0n) is 7.79. The average Bonchev–Trinajstić information content (AvgIpc) is 2.81. The molecule has 76 valence electrons. The van der Waals surface area contributed by atoms with Crippen LogP contribution in [0.1, 0.15) is 10.4 Å². The first-order valence-corrected chi connectivity index (χ1v) is 4.29. The van der Waals surface area contributed by atoms with E-state index >= 15 is 0 Å². The highest BCUT2D eigenvalue weighted by molar-refractivity contribution is 5.97. The van der Waals surface area contributed by atoms with Gasteiger partial charge in [0.25, 0.3) is 5.91 Å². The summed E-state index contributed by atoms with van der Waals surface area (Å²) in [7, 11) is 0. The topological polar surface area (TPSA) is 85.8 Å². The smallest absolute Gasteiger partial charge is 0.267 e. The minimum absolute atomic E-state index is 0.360. The van der Waals surface area contributed by atoms with Gasteiger partial charge in [-0.15, -0.1) is 5.10 Å². The zero-order chi connectivity index (χ0) is 10.7. The van der Waals surface area contributed by atoms with Crippen molar-refractivity contribution < 1.29 is 4.79 Å². The van der Waals surface area contributed by atoms with Gasteiger partial charge in [0.1, 0.15) is 0 Å². The number of para-hydroxylation sites is 1. The molecule has 0 aliphatic rings. The molecule has 0 aliphatic heterocycles. The molecule has 3 N–H and O–H groups in total. The van der Waals surface area contributed by atoms with Crippen LogP contribution in [-0.4, -0.2) is 20.9 Å². The molecule has 0 saturated carbocycles. The molecular weight excluding hydrogens is 194 g/mol. The van der Waals surface area contributed by atoms with E-state index in [4.69, 9.17) is 5.84 Å². The highest BCUT2D eigenvalue weighted by Crippen LogP contribution is 2.12. The maximum absolute atomic E-state index is 11.4. The molecule has 1 aromatic heterocycles. The van der Waals surface area contributed by atoms with Crippen molar-refractivity contribution >= 4 is 5.91 Å². The van der Waals surface area contributed by atoms with E-state index in [0.29, 0.717) is 11.3 Å². The molecule has 2 rings (SSSR count). The monoisotopic (exact) mass is 203 g/mol. The van der Waals surface area contributed by atoms with E-state index in [0.717, 1.165) is 0 Å².